The zero-order valence-electron chi connectivity index (χ0n) is 14.5. The van der Waals surface area contributed by atoms with Crippen LogP contribution in [0.2, 0.25) is 0 Å². The fraction of sp³-hybridized carbons (Fsp3) is 0.278. The molecule has 0 aliphatic carbocycles. The SMILES string of the molecule is CC(=O)N1c2c(cc(Br)cc2S(=O)(=O)N(C)c2ccc(Br)cc2)C[C@@H]1C. The number of benzene rings is 2. The second-order valence-electron chi connectivity index (χ2n) is 6.30. The lowest BCUT2D eigenvalue weighted by molar-refractivity contribution is -0.116. The number of nitrogens with zero attached hydrogens (tertiary/aromatic N) is 2. The van der Waals surface area contributed by atoms with E-state index >= 15 is 0 Å². The molecule has 0 aromatic heterocycles. The van der Waals surface area contributed by atoms with E-state index in [0.717, 1.165) is 10.0 Å². The van der Waals surface area contributed by atoms with Crippen LogP contribution in [0, 0.1) is 0 Å². The number of amides is 1. The number of hydrogen-bond donors (Lipinski definition) is 0. The quantitative estimate of drug-likeness (QED) is 0.628. The van der Waals surface area contributed by atoms with Crippen molar-refractivity contribution in [2.24, 2.45) is 0 Å². The molecule has 0 radical (unpaired) electrons. The fourth-order valence-electron chi connectivity index (χ4n) is 3.29. The second-order valence-corrected chi connectivity index (χ2v) is 10.1. The topological polar surface area (TPSA) is 57.7 Å². The van der Waals surface area contributed by atoms with E-state index in [1.807, 2.05) is 13.0 Å². The van der Waals surface area contributed by atoms with Gasteiger partial charge in [-0.05, 0) is 55.3 Å². The maximum atomic E-state index is 13.4. The van der Waals surface area contributed by atoms with Gasteiger partial charge in [0.2, 0.25) is 5.91 Å². The molecule has 0 bridgehead atoms. The van der Waals surface area contributed by atoms with Gasteiger partial charge in [-0.3, -0.25) is 9.10 Å². The molecule has 1 aliphatic rings. The number of carbonyl (C=O) groups is 1. The first-order valence-electron chi connectivity index (χ1n) is 7.99. The third-order valence-electron chi connectivity index (χ3n) is 4.48. The summed E-state index contributed by atoms with van der Waals surface area (Å²) in [5.74, 6) is -0.165. The summed E-state index contributed by atoms with van der Waals surface area (Å²) in [6.45, 7) is 3.38. The van der Waals surface area contributed by atoms with E-state index in [0.29, 0.717) is 22.3 Å². The minimum absolute atomic E-state index is 0.0799. The minimum atomic E-state index is -3.85. The molecule has 0 unspecified atom stereocenters. The van der Waals surface area contributed by atoms with E-state index in [1.54, 1.807) is 35.2 Å². The fourth-order valence-corrected chi connectivity index (χ4v) is 5.65. The van der Waals surface area contributed by atoms with Gasteiger partial charge < -0.3 is 4.90 Å². The van der Waals surface area contributed by atoms with Crippen LogP contribution in [-0.2, 0) is 21.2 Å². The summed E-state index contributed by atoms with van der Waals surface area (Å²) in [5.41, 5.74) is 1.88. The zero-order chi connectivity index (χ0) is 19.2. The largest absolute Gasteiger partial charge is 0.308 e. The summed E-state index contributed by atoms with van der Waals surface area (Å²) in [6, 6.07) is 10.4. The number of sulfonamides is 1. The summed E-state index contributed by atoms with van der Waals surface area (Å²) in [4.78, 5) is 13.9. The van der Waals surface area contributed by atoms with Gasteiger partial charge in [0.25, 0.3) is 10.0 Å². The first-order chi connectivity index (χ1) is 12.1. The van der Waals surface area contributed by atoms with Crippen molar-refractivity contribution in [2.75, 3.05) is 16.3 Å². The molecule has 0 fully saturated rings. The van der Waals surface area contributed by atoms with Crippen molar-refractivity contribution in [1.82, 2.24) is 0 Å². The van der Waals surface area contributed by atoms with E-state index in [4.69, 9.17) is 0 Å². The molecular formula is C18H18Br2N2O3S. The van der Waals surface area contributed by atoms with E-state index in [2.05, 4.69) is 31.9 Å². The van der Waals surface area contributed by atoms with Crippen LogP contribution in [0.5, 0.6) is 0 Å². The summed E-state index contributed by atoms with van der Waals surface area (Å²) < 4.78 is 29.5. The van der Waals surface area contributed by atoms with Crippen molar-refractivity contribution in [3.63, 3.8) is 0 Å². The van der Waals surface area contributed by atoms with Gasteiger partial charge in [-0.2, -0.15) is 0 Å². The Morgan fingerprint density at radius 1 is 1.15 bits per heavy atom. The first-order valence-corrected chi connectivity index (χ1v) is 11.0. The van der Waals surface area contributed by atoms with Gasteiger partial charge in [0.1, 0.15) is 4.90 Å². The van der Waals surface area contributed by atoms with Crippen molar-refractivity contribution in [3.8, 4) is 0 Å². The van der Waals surface area contributed by atoms with Gasteiger partial charge >= 0.3 is 0 Å². The standard InChI is InChI=1S/C18H18Br2N2O3S/c1-11-8-13-9-15(20)10-17(18(13)22(11)12(2)23)26(24,25)21(3)16-6-4-14(19)5-7-16/h4-7,9-11H,8H2,1-3H3/t11-/m0/s1. The van der Waals surface area contributed by atoms with E-state index in [-0.39, 0.29) is 16.8 Å². The smallest absolute Gasteiger partial charge is 0.266 e. The van der Waals surface area contributed by atoms with Crippen LogP contribution in [0.15, 0.2) is 50.2 Å². The summed E-state index contributed by atoms with van der Waals surface area (Å²) >= 11 is 6.76. The van der Waals surface area contributed by atoms with Crippen molar-refractivity contribution < 1.29 is 13.2 Å². The normalized spacial score (nSPS) is 16.5. The molecule has 1 amide bonds. The molecule has 1 atom stereocenters. The predicted octanol–water partition coefficient (Wildman–Crippen LogP) is 4.33. The molecule has 5 nitrogen and oxygen atoms in total. The zero-order valence-corrected chi connectivity index (χ0v) is 18.5. The number of anilines is 2. The van der Waals surface area contributed by atoms with E-state index in [9.17, 15) is 13.2 Å². The van der Waals surface area contributed by atoms with E-state index in [1.165, 1.54) is 18.3 Å². The summed E-state index contributed by atoms with van der Waals surface area (Å²) in [5, 5.41) is 0. The summed E-state index contributed by atoms with van der Waals surface area (Å²) in [6.07, 6.45) is 0.624. The second kappa shape index (κ2) is 6.98. The average molecular weight is 502 g/mol. The number of halogens is 2. The van der Waals surface area contributed by atoms with Gasteiger partial charge in [0.15, 0.2) is 0 Å². The van der Waals surface area contributed by atoms with Crippen LogP contribution in [0.1, 0.15) is 19.4 Å². The molecule has 2 aromatic carbocycles. The Kier molecular flexibility index (Phi) is 5.20. The lowest BCUT2D eigenvalue weighted by Gasteiger charge is -2.26. The van der Waals surface area contributed by atoms with Gasteiger partial charge in [-0.15, -0.1) is 0 Å². The minimum Gasteiger partial charge on any atom is -0.308 e. The highest BCUT2D eigenvalue weighted by atomic mass is 79.9. The Labute approximate surface area is 170 Å². The van der Waals surface area contributed by atoms with Crippen molar-refractivity contribution in [1.29, 1.82) is 0 Å². The lowest BCUT2D eigenvalue weighted by atomic mass is 10.1. The van der Waals surface area contributed by atoms with Crippen LogP contribution in [-0.4, -0.2) is 27.4 Å². The molecule has 1 heterocycles. The molecule has 8 heteroatoms. The third-order valence-corrected chi connectivity index (χ3v) is 7.27. The van der Waals surface area contributed by atoms with Gasteiger partial charge in [0.05, 0.1) is 11.4 Å². The maximum Gasteiger partial charge on any atom is 0.266 e. The van der Waals surface area contributed by atoms with Crippen molar-refractivity contribution >= 4 is 59.2 Å². The molecule has 0 N–H and O–H groups in total. The monoisotopic (exact) mass is 500 g/mol. The molecule has 0 spiro atoms. The highest BCUT2D eigenvalue weighted by molar-refractivity contribution is 9.10. The molecule has 0 saturated heterocycles. The predicted molar refractivity (Wildman–Crippen MR) is 110 cm³/mol. The van der Waals surface area contributed by atoms with Crippen LogP contribution in [0.3, 0.4) is 0 Å². The van der Waals surface area contributed by atoms with Crippen LogP contribution >= 0.6 is 31.9 Å². The number of carbonyl (C=O) groups excluding carboxylic acids is 1. The highest BCUT2D eigenvalue weighted by Gasteiger charge is 2.36. The molecular weight excluding hydrogens is 484 g/mol. The summed E-state index contributed by atoms with van der Waals surface area (Å²) in [7, 11) is -2.33. The Balaban J connectivity index is 2.17. The number of fused-ring (bicyclic) bond motifs is 1. The average Bonchev–Trinajstić information content (AvgIpc) is 2.89. The maximum absolute atomic E-state index is 13.4. The first kappa shape index (κ1) is 19.4. The number of hydrogen-bond acceptors (Lipinski definition) is 3. The highest BCUT2D eigenvalue weighted by Crippen LogP contribution is 2.41. The van der Waals surface area contributed by atoms with E-state index < -0.39 is 10.0 Å². The van der Waals surface area contributed by atoms with Gasteiger partial charge in [0, 0.05) is 29.0 Å². The van der Waals surface area contributed by atoms with Crippen molar-refractivity contribution in [2.45, 2.75) is 31.2 Å². The third kappa shape index (κ3) is 3.30. The molecule has 1 aliphatic heterocycles. The Morgan fingerprint density at radius 2 is 1.77 bits per heavy atom. The van der Waals surface area contributed by atoms with Crippen LogP contribution < -0.4 is 9.21 Å². The van der Waals surface area contributed by atoms with Gasteiger partial charge in [-0.25, -0.2) is 8.42 Å². The van der Waals surface area contributed by atoms with Crippen LogP contribution in [0.25, 0.3) is 0 Å². The molecule has 0 saturated carbocycles. The number of rotatable bonds is 3. The van der Waals surface area contributed by atoms with Crippen molar-refractivity contribution in [3.05, 3.63) is 50.9 Å². The molecule has 2 aromatic rings. The van der Waals surface area contributed by atoms with Gasteiger partial charge in [-0.1, -0.05) is 31.9 Å². The Hall–Kier alpha value is -1.38. The lowest BCUT2D eigenvalue weighted by Crippen LogP contribution is -2.35. The Bertz CT molecular complexity index is 975. The Morgan fingerprint density at radius 3 is 2.35 bits per heavy atom. The molecule has 3 rings (SSSR count). The molecule has 138 valence electrons. The van der Waals surface area contributed by atoms with Crippen LogP contribution in [0.4, 0.5) is 11.4 Å². The molecule has 26 heavy (non-hydrogen) atoms.